The van der Waals surface area contributed by atoms with Crippen molar-refractivity contribution in [3.8, 4) is 5.75 Å². The van der Waals surface area contributed by atoms with E-state index in [0.29, 0.717) is 0 Å². The first-order valence-corrected chi connectivity index (χ1v) is 6.82. The smallest absolute Gasteiger partial charge is 0.153 e. The van der Waals surface area contributed by atoms with Gasteiger partial charge in [-0.25, -0.2) is 4.98 Å². The Morgan fingerprint density at radius 2 is 1.75 bits per heavy atom. The minimum absolute atomic E-state index is 0.108. The molecule has 0 saturated carbocycles. The normalized spacial score (nSPS) is 12.6. The van der Waals surface area contributed by atoms with Crippen LogP contribution in [0.15, 0.2) is 42.5 Å². The molecule has 3 heteroatoms. The van der Waals surface area contributed by atoms with Crippen molar-refractivity contribution in [2.24, 2.45) is 0 Å². The second kappa shape index (κ2) is 5.00. The van der Waals surface area contributed by atoms with E-state index in [0.717, 1.165) is 28.2 Å². The van der Waals surface area contributed by atoms with Gasteiger partial charge in [0.15, 0.2) is 6.10 Å². The van der Waals surface area contributed by atoms with E-state index >= 15 is 0 Å². The second-order valence-electron chi connectivity index (χ2n) is 5.12. The predicted molar refractivity (Wildman–Crippen MR) is 81.1 cm³/mol. The molecule has 0 spiro atoms. The van der Waals surface area contributed by atoms with Gasteiger partial charge in [-0.15, -0.1) is 0 Å². The highest BCUT2D eigenvalue weighted by atomic mass is 16.5. The summed E-state index contributed by atoms with van der Waals surface area (Å²) in [6, 6.07) is 14.2. The lowest BCUT2D eigenvalue weighted by Crippen LogP contribution is -2.05. The maximum absolute atomic E-state index is 6.01. The fourth-order valence-corrected chi connectivity index (χ4v) is 2.32. The Balaban J connectivity index is 1.91. The van der Waals surface area contributed by atoms with Gasteiger partial charge in [0.25, 0.3) is 0 Å². The van der Waals surface area contributed by atoms with Crippen molar-refractivity contribution in [3.05, 3.63) is 59.4 Å². The third kappa shape index (κ3) is 2.27. The molecule has 0 aliphatic rings. The van der Waals surface area contributed by atoms with E-state index < -0.39 is 0 Å². The molecule has 1 aromatic heterocycles. The standard InChI is InChI=1S/C17H18N2O/c1-11-7-4-5-10-15(11)20-13(3)17-18-14-9-6-8-12(2)16(14)19-17/h4-10,13H,1-3H3,(H,18,19)/t13-/m0/s1. The first kappa shape index (κ1) is 12.7. The quantitative estimate of drug-likeness (QED) is 0.766. The second-order valence-corrected chi connectivity index (χ2v) is 5.12. The van der Waals surface area contributed by atoms with Crippen LogP contribution in [-0.4, -0.2) is 9.97 Å². The van der Waals surface area contributed by atoms with Crippen LogP contribution in [0, 0.1) is 13.8 Å². The lowest BCUT2D eigenvalue weighted by Gasteiger charge is -2.14. The van der Waals surface area contributed by atoms with Crippen molar-refractivity contribution >= 4 is 11.0 Å². The third-order valence-corrected chi connectivity index (χ3v) is 3.52. The van der Waals surface area contributed by atoms with Gasteiger partial charge < -0.3 is 9.72 Å². The molecule has 3 rings (SSSR count). The van der Waals surface area contributed by atoms with Crippen LogP contribution in [0.4, 0.5) is 0 Å². The molecule has 20 heavy (non-hydrogen) atoms. The largest absolute Gasteiger partial charge is 0.483 e. The van der Waals surface area contributed by atoms with E-state index in [2.05, 4.69) is 23.0 Å². The van der Waals surface area contributed by atoms with Crippen LogP contribution in [0.2, 0.25) is 0 Å². The van der Waals surface area contributed by atoms with E-state index in [1.165, 1.54) is 5.56 Å². The van der Waals surface area contributed by atoms with Gasteiger partial charge in [-0.3, -0.25) is 0 Å². The van der Waals surface area contributed by atoms with Gasteiger partial charge in [-0.2, -0.15) is 0 Å². The number of H-pyrrole nitrogens is 1. The van der Waals surface area contributed by atoms with E-state index in [-0.39, 0.29) is 6.10 Å². The van der Waals surface area contributed by atoms with Crippen LogP contribution in [0.5, 0.6) is 5.75 Å². The van der Waals surface area contributed by atoms with E-state index in [1.807, 2.05) is 50.2 Å². The SMILES string of the molecule is Cc1ccccc1O[C@@H](C)c1nc2c(C)cccc2[nH]1. The summed E-state index contributed by atoms with van der Waals surface area (Å²) in [6.07, 6.45) is -0.108. The number of rotatable bonds is 3. The number of hydrogen-bond acceptors (Lipinski definition) is 2. The Hall–Kier alpha value is -2.29. The fourth-order valence-electron chi connectivity index (χ4n) is 2.32. The minimum atomic E-state index is -0.108. The maximum atomic E-state index is 6.01. The van der Waals surface area contributed by atoms with Crippen LogP contribution in [0.25, 0.3) is 11.0 Å². The number of benzene rings is 2. The van der Waals surface area contributed by atoms with Gasteiger partial charge in [0.2, 0.25) is 0 Å². The lowest BCUT2D eigenvalue weighted by molar-refractivity contribution is 0.216. The van der Waals surface area contributed by atoms with Crippen molar-refractivity contribution in [1.29, 1.82) is 0 Å². The molecule has 0 saturated heterocycles. The summed E-state index contributed by atoms with van der Waals surface area (Å²) in [5.74, 6) is 1.76. The summed E-state index contributed by atoms with van der Waals surface area (Å²) in [4.78, 5) is 8.00. The maximum Gasteiger partial charge on any atom is 0.153 e. The van der Waals surface area contributed by atoms with Crippen molar-refractivity contribution in [2.45, 2.75) is 26.9 Å². The van der Waals surface area contributed by atoms with Crippen molar-refractivity contribution in [2.75, 3.05) is 0 Å². The molecule has 0 aliphatic carbocycles. The average Bonchev–Trinajstić information content (AvgIpc) is 2.87. The van der Waals surface area contributed by atoms with Crippen LogP contribution in [-0.2, 0) is 0 Å². The van der Waals surface area contributed by atoms with Gasteiger partial charge in [0.1, 0.15) is 11.6 Å². The number of nitrogens with zero attached hydrogens (tertiary/aromatic N) is 1. The highest BCUT2D eigenvalue weighted by Crippen LogP contribution is 2.25. The molecule has 0 fully saturated rings. The van der Waals surface area contributed by atoms with Crippen molar-refractivity contribution < 1.29 is 4.74 Å². The monoisotopic (exact) mass is 266 g/mol. The molecule has 0 amide bonds. The molecule has 3 nitrogen and oxygen atoms in total. The third-order valence-electron chi connectivity index (χ3n) is 3.52. The summed E-state index contributed by atoms with van der Waals surface area (Å²) in [6.45, 7) is 6.13. The molecule has 0 bridgehead atoms. The van der Waals surface area contributed by atoms with Crippen molar-refractivity contribution in [1.82, 2.24) is 9.97 Å². The molecule has 102 valence electrons. The molecular weight excluding hydrogens is 248 g/mol. The predicted octanol–water partition coefficient (Wildman–Crippen LogP) is 4.32. The van der Waals surface area contributed by atoms with Crippen LogP contribution < -0.4 is 4.74 Å². The Morgan fingerprint density at radius 1 is 1.00 bits per heavy atom. The average molecular weight is 266 g/mol. The zero-order valence-corrected chi connectivity index (χ0v) is 12.0. The summed E-state index contributed by atoms with van der Waals surface area (Å²) >= 11 is 0. The number of fused-ring (bicyclic) bond motifs is 1. The molecule has 0 unspecified atom stereocenters. The Labute approximate surface area is 118 Å². The number of ether oxygens (including phenoxy) is 1. The summed E-state index contributed by atoms with van der Waals surface area (Å²) in [5, 5.41) is 0. The molecule has 1 atom stereocenters. The molecule has 0 radical (unpaired) electrons. The molecular formula is C17H18N2O. The van der Waals surface area contributed by atoms with E-state index in [9.17, 15) is 0 Å². The van der Waals surface area contributed by atoms with Crippen LogP contribution in [0.1, 0.15) is 30.0 Å². The summed E-state index contributed by atoms with van der Waals surface area (Å²) in [7, 11) is 0. The van der Waals surface area contributed by atoms with E-state index in [4.69, 9.17) is 4.74 Å². The van der Waals surface area contributed by atoms with Crippen LogP contribution >= 0.6 is 0 Å². The van der Waals surface area contributed by atoms with Gasteiger partial charge in [0, 0.05) is 0 Å². The highest BCUT2D eigenvalue weighted by Gasteiger charge is 2.14. The van der Waals surface area contributed by atoms with Gasteiger partial charge in [-0.05, 0) is 44.0 Å². The first-order valence-electron chi connectivity index (χ1n) is 6.82. The molecule has 3 aromatic rings. The molecule has 1 heterocycles. The number of aromatic nitrogens is 2. The zero-order valence-electron chi connectivity index (χ0n) is 12.0. The van der Waals surface area contributed by atoms with Crippen LogP contribution in [0.3, 0.4) is 0 Å². The van der Waals surface area contributed by atoms with Gasteiger partial charge >= 0.3 is 0 Å². The highest BCUT2D eigenvalue weighted by molar-refractivity contribution is 5.78. The molecule has 0 aliphatic heterocycles. The molecule has 1 N–H and O–H groups in total. The number of nitrogens with one attached hydrogen (secondary N) is 1. The number of aryl methyl sites for hydroxylation is 2. The Morgan fingerprint density at radius 3 is 2.50 bits per heavy atom. The number of para-hydroxylation sites is 2. The van der Waals surface area contributed by atoms with E-state index in [1.54, 1.807) is 0 Å². The van der Waals surface area contributed by atoms with Crippen molar-refractivity contribution in [3.63, 3.8) is 0 Å². The Kier molecular flexibility index (Phi) is 3.18. The number of aromatic amines is 1. The first-order chi connectivity index (χ1) is 9.65. The fraction of sp³-hybridized carbons (Fsp3) is 0.235. The molecule has 2 aromatic carbocycles. The zero-order chi connectivity index (χ0) is 14.1. The summed E-state index contributed by atoms with van der Waals surface area (Å²) < 4.78 is 6.01. The minimum Gasteiger partial charge on any atom is -0.483 e. The van der Waals surface area contributed by atoms with Gasteiger partial charge in [-0.1, -0.05) is 30.3 Å². The summed E-state index contributed by atoms with van der Waals surface area (Å²) in [5.41, 5.74) is 4.38. The number of imidazole rings is 1. The number of hydrogen-bond donors (Lipinski definition) is 1. The van der Waals surface area contributed by atoms with Gasteiger partial charge in [0.05, 0.1) is 11.0 Å². The Bertz CT molecular complexity index is 746. The topological polar surface area (TPSA) is 37.9 Å². The lowest BCUT2D eigenvalue weighted by atomic mass is 10.2.